The van der Waals surface area contributed by atoms with Crippen LogP contribution in [0.1, 0.15) is 10.4 Å². The molecule has 29 heavy (non-hydrogen) atoms. The largest absolute Gasteiger partial charge is 0.457 e. The zero-order valence-corrected chi connectivity index (χ0v) is 15.5. The van der Waals surface area contributed by atoms with Gasteiger partial charge in [0, 0.05) is 18.7 Å². The number of nitrogens with one attached hydrogen (secondary N) is 1. The summed E-state index contributed by atoms with van der Waals surface area (Å²) in [6, 6.07) is 12.4. The van der Waals surface area contributed by atoms with Crippen molar-refractivity contribution in [1.29, 1.82) is 0 Å². The number of hydrogen-bond donors (Lipinski definition) is 1. The summed E-state index contributed by atoms with van der Waals surface area (Å²) in [5.41, 5.74) is 0.915. The van der Waals surface area contributed by atoms with Crippen LogP contribution in [0.3, 0.4) is 0 Å². The van der Waals surface area contributed by atoms with Crippen LogP contribution in [0.4, 0.5) is 16.0 Å². The highest BCUT2D eigenvalue weighted by molar-refractivity contribution is 6.04. The van der Waals surface area contributed by atoms with E-state index in [1.807, 2.05) is 4.90 Å². The highest BCUT2D eigenvalue weighted by Crippen LogP contribution is 2.23. The minimum atomic E-state index is -0.340. The van der Waals surface area contributed by atoms with Gasteiger partial charge in [-0.15, -0.1) is 0 Å². The molecular weight excluding hydrogens is 375 g/mol. The first-order valence-electron chi connectivity index (χ1n) is 9.17. The van der Waals surface area contributed by atoms with Gasteiger partial charge in [-0.3, -0.25) is 4.79 Å². The van der Waals surface area contributed by atoms with Crippen LogP contribution in [-0.2, 0) is 4.74 Å². The van der Waals surface area contributed by atoms with E-state index in [0.29, 0.717) is 41.9 Å². The van der Waals surface area contributed by atoms with Crippen LogP contribution in [0.15, 0.2) is 60.9 Å². The fourth-order valence-electron chi connectivity index (χ4n) is 2.86. The molecule has 1 N–H and O–H groups in total. The second kappa shape index (κ2) is 8.66. The Balaban J connectivity index is 1.41. The summed E-state index contributed by atoms with van der Waals surface area (Å²) >= 11 is 0. The van der Waals surface area contributed by atoms with Crippen LogP contribution >= 0.6 is 0 Å². The molecule has 1 saturated heterocycles. The van der Waals surface area contributed by atoms with E-state index in [2.05, 4.69) is 15.3 Å². The van der Waals surface area contributed by atoms with Gasteiger partial charge < -0.3 is 19.7 Å². The van der Waals surface area contributed by atoms with Gasteiger partial charge in [0.25, 0.3) is 5.91 Å². The van der Waals surface area contributed by atoms with Gasteiger partial charge in [0.15, 0.2) is 0 Å². The van der Waals surface area contributed by atoms with E-state index in [4.69, 9.17) is 9.47 Å². The van der Waals surface area contributed by atoms with Crippen molar-refractivity contribution in [2.24, 2.45) is 0 Å². The second-order valence-corrected chi connectivity index (χ2v) is 6.41. The topological polar surface area (TPSA) is 76.6 Å². The third kappa shape index (κ3) is 4.85. The summed E-state index contributed by atoms with van der Waals surface area (Å²) < 4.78 is 24.0. The molecule has 3 aromatic rings. The summed E-state index contributed by atoms with van der Waals surface area (Å²) in [6.07, 6.45) is 3.16. The number of carbonyl (C=O) groups is 1. The molecule has 0 bridgehead atoms. The number of nitrogens with zero attached hydrogens (tertiary/aromatic N) is 3. The minimum Gasteiger partial charge on any atom is -0.457 e. The Labute approximate surface area is 167 Å². The summed E-state index contributed by atoms with van der Waals surface area (Å²) in [4.78, 5) is 23.2. The molecule has 7 nitrogen and oxygen atoms in total. The Morgan fingerprint density at radius 3 is 2.48 bits per heavy atom. The Morgan fingerprint density at radius 1 is 1.03 bits per heavy atom. The number of amides is 1. The molecule has 0 unspecified atom stereocenters. The van der Waals surface area contributed by atoms with E-state index in [1.165, 1.54) is 24.3 Å². The van der Waals surface area contributed by atoms with E-state index in [-0.39, 0.29) is 11.7 Å². The first kappa shape index (κ1) is 18.8. The lowest BCUT2D eigenvalue weighted by molar-refractivity contribution is 0.102. The predicted octanol–water partition coefficient (Wildman–Crippen LogP) is 3.50. The Hall–Kier alpha value is -3.52. The third-order valence-electron chi connectivity index (χ3n) is 4.34. The molecule has 148 valence electrons. The number of halogens is 1. The van der Waals surface area contributed by atoms with Gasteiger partial charge in [-0.25, -0.2) is 14.4 Å². The number of hydrogen-bond acceptors (Lipinski definition) is 6. The number of morpholine rings is 1. The quantitative estimate of drug-likeness (QED) is 0.714. The van der Waals surface area contributed by atoms with Gasteiger partial charge in [0.1, 0.15) is 17.3 Å². The fourth-order valence-corrected chi connectivity index (χ4v) is 2.86. The number of benzene rings is 2. The molecule has 0 spiro atoms. The maximum atomic E-state index is 13.0. The molecule has 1 amide bonds. The van der Waals surface area contributed by atoms with E-state index < -0.39 is 0 Å². The molecular formula is C21H19FN4O3. The van der Waals surface area contributed by atoms with Gasteiger partial charge in [0.2, 0.25) is 5.95 Å². The van der Waals surface area contributed by atoms with Crippen LogP contribution in [0, 0.1) is 5.82 Å². The maximum absolute atomic E-state index is 13.0. The predicted molar refractivity (Wildman–Crippen MR) is 106 cm³/mol. The van der Waals surface area contributed by atoms with E-state index >= 15 is 0 Å². The Morgan fingerprint density at radius 2 is 1.76 bits per heavy atom. The lowest BCUT2D eigenvalue weighted by Gasteiger charge is -2.26. The molecule has 1 aliphatic heterocycles. The molecule has 2 aromatic carbocycles. The van der Waals surface area contributed by atoms with Gasteiger partial charge in [-0.05, 0) is 42.5 Å². The van der Waals surface area contributed by atoms with Crippen molar-refractivity contribution in [2.45, 2.75) is 0 Å². The van der Waals surface area contributed by atoms with Crippen LogP contribution < -0.4 is 15.0 Å². The molecule has 2 heterocycles. The van der Waals surface area contributed by atoms with Crippen molar-refractivity contribution in [3.63, 3.8) is 0 Å². The van der Waals surface area contributed by atoms with E-state index in [9.17, 15) is 9.18 Å². The molecule has 1 fully saturated rings. The summed E-state index contributed by atoms with van der Waals surface area (Å²) in [7, 11) is 0. The summed E-state index contributed by atoms with van der Waals surface area (Å²) in [5, 5.41) is 2.77. The smallest absolute Gasteiger partial charge is 0.255 e. The second-order valence-electron chi connectivity index (χ2n) is 6.41. The average Bonchev–Trinajstić information content (AvgIpc) is 2.77. The van der Waals surface area contributed by atoms with Crippen LogP contribution in [0.2, 0.25) is 0 Å². The molecule has 0 aliphatic carbocycles. The molecule has 1 aromatic heterocycles. The van der Waals surface area contributed by atoms with Gasteiger partial charge >= 0.3 is 0 Å². The molecule has 0 radical (unpaired) electrons. The van der Waals surface area contributed by atoms with E-state index in [0.717, 1.165) is 13.1 Å². The molecule has 8 heteroatoms. The van der Waals surface area contributed by atoms with Crippen molar-refractivity contribution in [3.8, 4) is 11.5 Å². The van der Waals surface area contributed by atoms with Crippen LogP contribution in [0.25, 0.3) is 0 Å². The summed E-state index contributed by atoms with van der Waals surface area (Å²) in [6.45, 7) is 2.79. The van der Waals surface area contributed by atoms with Gasteiger partial charge in [-0.2, -0.15) is 0 Å². The molecule has 0 atom stereocenters. The molecule has 4 rings (SSSR count). The zero-order chi connectivity index (χ0) is 20.1. The number of aromatic nitrogens is 2. The molecule has 0 saturated carbocycles. The SMILES string of the molecule is O=C(Nc1cnc(N2CCOCC2)nc1)c1cccc(Oc2ccc(F)cc2)c1. The lowest BCUT2D eigenvalue weighted by atomic mass is 10.2. The number of anilines is 2. The van der Waals surface area contributed by atoms with Crippen LogP contribution in [-0.4, -0.2) is 42.2 Å². The minimum absolute atomic E-state index is 0.308. The highest BCUT2D eigenvalue weighted by Gasteiger charge is 2.14. The Bertz CT molecular complexity index is 974. The summed E-state index contributed by atoms with van der Waals surface area (Å²) in [5.74, 6) is 0.921. The maximum Gasteiger partial charge on any atom is 0.255 e. The number of rotatable bonds is 5. The third-order valence-corrected chi connectivity index (χ3v) is 4.34. The van der Waals surface area contributed by atoms with Crippen molar-refractivity contribution in [1.82, 2.24) is 9.97 Å². The van der Waals surface area contributed by atoms with Crippen molar-refractivity contribution < 1.29 is 18.7 Å². The molecule has 1 aliphatic rings. The normalized spacial score (nSPS) is 13.8. The highest BCUT2D eigenvalue weighted by atomic mass is 19.1. The van der Waals surface area contributed by atoms with Crippen molar-refractivity contribution in [3.05, 3.63) is 72.3 Å². The fraction of sp³-hybridized carbons (Fsp3) is 0.190. The number of carbonyl (C=O) groups excluding carboxylic acids is 1. The first-order chi connectivity index (χ1) is 14.2. The van der Waals surface area contributed by atoms with E-state index in [1.54, 1.807) is 36.7 Å². The van der Waals surface area contributed by atoms with Crippen molar-refractivity contribution >= 4 is 17.5 Å². The van der Waals surface area contributed by atoms with Gasteiger partial charge in [-0.1, -0.05) is 6.07 Å². The van der Waals surface area contributed by atoms with Gasteiger partial charge in [0.05, 0.1) is 31.3 Å². The average molecular weight is 394 g/mol. The zero-order valence-electron chi connectivity index (χ0n) is 15.5. The monoisotopic (exact) mass is 394 g/mol. The van der Waals surface area contributed by atoms with Crippen molar-refractivity contribution in [2.75, 3.05) is 36.5 Å². The standard InChI is InChI=1S/C21H19FN4O3/c22-16-4-6-18(7-5-16)29-19-3-1-2-15(12-19)20(27)25-17-13-23-21(24-14-17)26-8-10-28-11-9-26/h1-7,12-14H,8-11H2,(H,25,27). The number of ether oxygens (including phenoxy) is 2. The first-order valence-corrected chi connectivity index (χ1v) is 9.17. The lowest BCUT2D eigenvalue weighted by Crippen LogP contribution is -2.37. The van der Waals surface area contributed by atoms with Crippen LogP contribution in [0.5, 0.6) is 11.5 Å². The Kier molecular flexibility index (Phi) is 5.62.